The molecule has 3 aliphatic heterocycles. The maximum Gasteiger partial charge on any atom is 0.256 e. The number of nitrogens with one attached hydrogen (secondary N) is 1. The van der Waals surface area contributed by atoms with Crippen LogP contribution < -0.4 is 5.32 Å². The first-order valence-electron chi connectivity index (χ1n) is 8.50. The van der Waals surface area contributed by atoms with Crippen LogP contribution in [0.15, 0.2) is 34.5 Å². The highest BCUT2D eigenvalue weighted by atomic mass is 32.2. The summed E-state index contributed by atoms with van der Waals surface area (Å²) in [5.74, 6) is 2.22. The second-order valence-corrected chi connectivity index (χ2v) is 8.18. The molecule has 0 aliphatic carbocycles. The highest BCUT2D eigenvalue weighted by Crippen LogP contribution is 2.42. The summed E-state index contributed by atoms with van der Waals surface area (Å²) >= 11 is 0. The van der Waals surface area contributed by atoms with Crippen molar-refractivity contribution in [2.45, 2.75) is 36.3 Å². The average molecular weight is 370 g/mol. The summed E-state index contributed by atoms with van der Waals surface area (Å²) in [4.78, 5) is 26.7. The van der Waals surface area contributed by atoms with Gasteiger partial charge in [-0.15, -0.1) is 12.3 Å². The van der Waals surface area contributed by atoms with E-state index < -0.39 is 27.9 Å². The number of carbonyl (C=O) groups excluding carboxylic acids is 2. The lowest BCUT2D eigenvalue weighted by Crippen LogP contribution is -2.46. The zero-order chi connectivity index (χ0) is 18.3. The van der Waals surface area contributed by atoms with E-state index in [1.165, 1.54) is 4.90 Å². The molecule has 26 heavy (non-hydrogen) atoms. The van der Waals surface area contributed by atoms with E-state index in [1.54, 1.807) is 18.2 Å². The number of benzene rings is 1. The SMILES string of the molecule is C#CCCC1(CCNC(=O)C2CS(=O)C3c4ccccc4C(=O)N23)N=N1. The van der Waals surface area contributed by atoms with Crippen LogP contribution in [0.3, 0.4) is 0 Å². The zero-order valence-electron chi connectivity index (χ0n) is 14.1. The third-order valence-corrected chi connectivity index (χ3v) is 6.65. The van der Waals surface area contributed by atoms with E-state index in [9.17, 15) is 13.8 Å². The fraction of sp³-hybridized carbons (Fsp3) is 0.444. The number of carbonyl (C=O) groups is 2. The molecule has 1 aromatic rings. The van der Waals surface area contributed by atoms with E-state index in [-0.39, 0.29) is 17.6 Å². The Balaban J connectivity index is 1.40. The fourth-order valence-electron chi connectivity index (χ4n) is 3.58. The molecule has 0 bridgehead atoms. The molecule has 3 unspecified atom stereocenters. The zero-order valence-corrected chi connectivity index (χ0v) is 14.9. The smallest absolute Gasteiger partial charge is 0.256 e. The fourth-order valence-corrected chi connectivity index (χ4v) is 5.37. The third kappa shape index (κ3) is 2.72. The number of terminal acetylenes is 1. The first kappa shape index (κ1) is 16.9. The highest BCUT2D eigenvalue weighted by molar-refractivity contribution is 7.85. The van der Waals surface area contributed by atoms with Crippen LogP contribution in [0.4, 0.5) is 0 Å². The minimum absolute atomic E-state index is 0.160. The van der Waals surface area contributed by atoms with Gasteiger partial charge >= 0.3 is 0 Å². The van der Waals surface area contributed by atoms with E-state index in [2.05, 4.69) is 21.5 Å². The van der Waals surface area contributed by atoms with Gasteiger partial charge in [0, 0.05) is 36.9 Å². The Kier molecular flexibility index (Phi) is 4.11. The van der Waals surface area contributed by atoms with Crippen molar-refractivity contribution < 1.29 is 13.8 Å². The second kappa shape index (κ2) is 6.32. The minimum atomic E-state index is -1.29. The molecule has 1 fully saturated rings. The highest BCUT2D eigenvalue weighted by Gasteiger charge is 2.52. The largest absolute Gasteiger partial charge is 0.354 e. The van der Waals surface area contributed by atoms with Gasteiger partial charge in [-0.05, 0) is 6.07 Å². The van der Waals surface area contributed by atoms with Gasteiger partial charge in [0.2, 0.25) is 5.91 Å². The predicted molar refractivity (Wildman–Crippen MR) is 95.4 cm³/mol. The van der Waals surface area contributed by atoms with Gasteiger partial charge < -0.3 is 10.2 Å². The van der Waals surface area contributed by atoms with Gasteiger partial charge in [-0.2, -0.15) is 10.2 Å². The Labute approximate surface area is 153 Å². The molecule has 134 valence electrons. The Morgan fingerprint density at radius 3 is 2.88 bits per heavy atom. The van der Waals surface area contributed by atoms with Gasteiger partial charge in [-0.3, -0.25) is 13.8 Å². The molecule has 0 aromatic heterocycles. The van der Waals surface area contributed by atoms with E-state index >= 15 is 0 Å². The Bertz CT molecular complexity index is 869. The second-order valence-electron chi connectivity index (χ2n) is 6.64. The first-order chi connectivity index (χ1) is 12.6. The molecule has 4 rings (SSSR count). The molecular weight excluding hydrogens is 352 g/mol. The number of rotatable bonds is 6. The van der Waals surface area contributed by atoms with E-state index in [0.29, 0.717) is 31.4 Å². The summed E-state index contributed by atoms with van der Waals surface area (Å²) in [5.41, 5.74) is 0.822. The maximum absolute atomic E-state index is 12.7. The van der Waals surface area contributed by atoms with Crippen molar-refractivity contribution in [1.82, 2.24) is 10.2 Å². The van der Waals surface area contributed by atoms with Crippen LogP contribution in [0.2, 0.25) is 0 Å². The van der Waals surface area contributed by atoms with Crippen molar-refractivity contribution in [3.8, 4) is 12.3 Å². The first-order valence-corrected chi connectivity index (χ1v) is 9.88. The molecule has 3 atom stereocenters. The number of hydrogen-bond donors (Lipinski definition) is 1. The van der Waals surface area contributed by atoms with Crippen molar-refractivity contribution in [3.05, 3.63) is 35.4 Å². The molecule has 0 spiro atoms. The van der Waals surface area contributed by atoms with Crippen molar-refractivity contribution in [1.29, 1.82) is 0 Å². The minimum Gasteiger partial charge on any atom is -0.354 e. The summed E-state index contributed by atoms with van der Waals surface area (Å²) in [7, 11) is -1.29. The Morgan fingerprint density at radius 1 is 1.38 bits per heavy atom. The molecule has 1 aromatic carbocycles. The van der Waals surface area contributed by atoms with Crippen molar-refractivity contribution in [2.24, 2.45) is 10.2 Å². The molecule has 0 radical (unpaired) electrons. The molecule has 3 aliphatic rings. The molecule has 0 saturated carbocycles. The van der Waals surface area contributed by atoms with E-state index in [0.717, 1.165) is 5.56 Å². The van der Waals surface area contributed by atoms with Crippen LogP contribution in [0.1, 0.15) is 40.6 Å². The predicted octanol–water partition coefficient (Wildman–Crippen LogP) is 1.35. The maximum atomic E-state index is 12.7. The van der Waals surface area contributed by atoms with Crippen molar-refractivity contribution in [3.63, 3.8) is 0 Å². The summed E-state index contributed by atoms with van der Waals surface area (Å²) in [6, 6.07) is 6.40. The van der Waals surface area contributed by atoms with Crippen LogP contribution in [0.25, 0.3) is 0 Å². The normalized spacial score (nSPS) is 27.0. The van der Waals surface area contributed by atoms with Crippen molar-refractivity contribution >= 4 is 22.6 Å². The van der Waals surface area contributed by atoms with Gasteiger partial charge in [-0.25, -0.2) is 0 Å². The summed E-state index contributed by atoms with van der Waals surface area (Å²) < 4.78 is 12.5. The van der Waals surface area contributed by atoms with Gasteiger partial charge in [0.15, 0.2) is 5.66 Å². The molecule has 8 heteroatoms. The average Bonchev–Trinajstić information content (AvgIpc) is 3.24. The molecule has 1 N–H and O–H groups in total. The van der Waals surface area contributed by atoms with Crippen LogP contribution in [0.5, 0.6) is 0 Å². The number of fused-ring (bicyclic) bond motifs is 3. The van der Waals surface area contributed by atoms with Gasteiger partial charge in [0.1, 0.15) is 11.4 Å². The Hall–Kier alpha value is -2.53. The summed E-state index contributed by atoms with van der Waals surface area (Å²) in [6.45, 7) is 0.388. The summed E-state index contributed by atoms with van der Waals surface area (Å²) in [6.07, 6.45) is 7.11. The third-order valence-electron chi connectivity index (χ3n) is 5.03. The summed E-state index contributed by atoms with van der Waals surface area (Å²) in [5, 5.41) is 10.4. The molecule has 7 nitrogen and oxygen atoms in total. The van der Waals surface area contributed by atoms with Gasteiger partial charge in [0.05, 0.1) is 16.6 Å². The lowest BCUT2D eigenvalue weighted by Gasteiger charge is -2.22. The van der Waals surface area contributed by atoms with Crippen LogP contribution in [-0.4, -0.2) is 44.9 Å². The number of hydrogen-bond acceptors (Lipinski definition) is 5. The lowest BCUT2D eigenvalue weighted by atomic mass is 10.0. The van der Waals surface area contributed by atoms with E-state index in [1.807, 2.05) is 6.07 Å². The quantitative estimate of drug-likeness (QED) is 0.767. The van der Waals surface area contributed by atoms with E-state index in [4.69, 9.17) is 6.42 Å². The molecule has 2 amide bonds. The number of nitrogens with zero attached hydrogens (tertiary/aromatic N) is 3. The van der Waals surface area contributed by atoms with Crippen molar-refractivity contribution in [2.75, 3.05) is 12.3 Å². The topological polar surface area (TPSA) is 91.2 Å². The standard InChI is InChI=1S/C18H18N4O3S/c1-2-3-8-18(20-21-18)9-10-19-15(23)14-11-26(25)17-13-7-5-4-6-12(13)16(24)22(14)17/h1,4-7,14,17H,3,8-11H2,(H,19,23). The lowest BCUT2D eigenvalue weighted by molar-refractivity contribution is -0.124. The van der Waals surface area contributed by atoms with Gasteiger partial charge in [0.25, 0.3) is 5.91 Å². The van der Waals surface area contributed by atoms with Crippen LogP contribution in [-0.2, 0) is 15.6 Å². The van der Waals surface area contributed by atoms with Crippen LogP contribution in [0, 0.1) is 12.3 Å². The molecule has 3 heterocycles. The monoisotopic (exact) mass is 370 g/mol. The van der Waals surface area contributed by atoms with Gasteiger partial charge in [-0.1, -0.05) is 18.2 Å². The van der Waals surface area contributed by atoms with Crippen LogP contribution >= 0.6 is 0 Å². The number of amides is 2. The molecular formula is C18H18N4O3S. The Morgan fingerprint density at radius 2 is 2.15 bits per heavy atom. The molecule has 1 saturated heterocycles.